The molecule has 0 aromatic heterocycles. The fourth-order valence-corrected chi connectivity index (χ4v) is 0.824. The average molecular weight is 240 g/mol. The summed E-state index contributed by atoms with van der Waals surface area (Å²) in [5, 5.41) is 0. The van der Waals surface area contributed by atoms with E-state index in [0.29, 0.717) is 17.6 Å². The van der Waals surface area contributed by atoms with Crippen LogP contribution in [0, 0.1) is 0 Å². The van der Waals surface area contributed by atoms with Crippen molar-refractivity contribution in [1.82, 2.24) is 0 Å². The standard InChI is InChI=1S/C13H20O4/c1-9(2)11(5)13(15)17-8-6-7-16-12(14)10(3)4/h3,6-8H2,1-2,4-5H3. The first kappa shape index (κ1) is 15.4. The van der Waals surface area contributed by atoms with Gasteiger partial charge in [0, 0.05) is 17.6 Å². The van der Waals surface area contributed by atoms with Gasteiger partial charge in [-0.15, -0.1) is 0 Å². The second-order valence-corrected chi connectivity index (χ2v) is 4.03. The third kappa shape index (κ3) is 6.56. The normalized spacial score (nSPS) is 9.41. The molecule has 0 spiro atoms. The predicted molar refractivity (Wildman–Crippen MR) is 65.4 cm³/mol. The van der Waals surface area contributed by atoms with Gasteiger partial charge in [0.05, 0.1) is 13.2 Å². The van der Waals surface area contributed by atoms with Gasteiger partial charge in [-0.3, -0.25) is 0 Å². The summed E-state index contributed by atoms with van der Waals surface area (Å²) in [4.78, 5) is 22.4. The van der Waals surface area contributed by atoms with Crippen LogP contribution in [-0.2, 0) is 19.1 Å². The van der Waals surface area contributed by atoms with Crippen molar-refractivity contribution in [2.24, 2.45) is 0 Å². The molecule has 0 unspecified atom stereocenters. The minimum absolute atomic E-state index is 0.229. The molecule has 96 valence electrons. The molecule has 4 nitrogen and oxygen atoms in total. The number of hydrogen-bond acceptors (Lipinski definition) is 4. The van der Waals surface area contributed by atoms with E-state index in [1.807, 2.05) is 13.8 Å². The van der Waals surface area contributed by atoms with E-state index in [1.54, 1.807) is 13.8 Å². The van der Waals surface area contributed by atoms with Crippen LogP contribution in [0.5, 0.6) is 0 Å². The van der Waals surface area contributed by atoms with Gasteiger partial charge in [0.2, 0.25) is 0 Å². The Bertz CT molecular complexity index is 335. The summed E-state index contributed by atoms with van der Waals surface area (Å²) in [6, 6.07) is 0. The summed E-state index contributed by atoms with van der Waals surface area (Å²) in [6.07, 6.45) is 0.487. The van der Waals surface area contributed by atoms with Gasteiger partial charge in [0.15, 0.2) is 0 Å². The molecule has 0 atom stereocenters. The molecule has 0 aliphatic rings. The van der Waals surface area contributed by atoms with Crippen LogP contribution in [0.1, 0.15) is 34.1 Å². The molecule has 0 fully saturated rings. The van der Waals surface area contributed by atoms with E-state index in [-0.39, 0.29) is 19.2 Å². The molecule has 0 N–H and O–H groups in total. The number of ether oxygens (including phenoxy) is 2. The molecule has 0 aromatic carbocycles. The Labute approximate surface area is 102 Å². The van der Waals surface area contributed by atoms with Gasteiger partial charge in [0.1, 0.15) is 0 Å². The Morgan fingerprint density at radius 1 is 0.941 bits per heavy atom. The highest BCUT2D eigenvalue weighted by Crippen LogP contribution is 2.04. The van der Waals surface area contributed by atoms with Crippen molar-refractivity contribution in [3.05, 3.63) is 23.3 Å². The van der Waals surface area contributed by atoms with Crippen LogP contribution in [0.2, 0.25) is 0 Å². The Balaban J connectivity index is 3.74. The van der Waals surface area contributed by atoms with Crippen LogP contribution in [-0.4, -0.2) is 25.2 Å². The first-order valence-corrected chi connectivity index (χ1v) is 5.50. The second-order valence-electron chi connectivity index (χ2n) is 4.03. The fraction of sp³-hybridized carbons (Fsp3) is 0.538. The van der Waals surface area contributed by atoms with Crippen molar-refractivity contribution in [3.63, 3.8) is 0 Å². The highest BCUT2D eigenvalue weighted by molar-refractivity contribution is 5.88. The Kier molecular flexibility index (Phi) is 6.94. The largest absolute Gasteiger partial charge is 0.462 e. The maximum absolute atomic E-state index is 11.4. The average Bonchev–Trinajstić information content (AvgIpc) is 2.26. The Morgan fingerprint density at radius 3 is 1.82 bits per heavy atom. The summed E-state index contributed by atoms with van der Waals surface area (Å²) < 4.78 is 9.85. The smallest absolute Gasteiger partial charge is 0.333 e. The molecule has 4 heteroatoms. The molecule has 0 aliphatic carbocycles. The van der Waals surface area contributed by atoms with E-state index in [4.69, 9.17) is 9.47 Å². The van der Waals surface area contributed by atoms with Crippen LogP contribution < -0.4 is 0 Å². The highest BCUT2D eigenvalue weighted by atomic mass is 16.5. The highest BCUT2D eigenvalue weighted by Gasteiger charge is 2.07. The summed E-state index contributed by atoms with van der Waals surface area (Å²) in [6.45, 7) is 10.9. The Morgan fingerprint density at radius 2 is 1.41 bits per heavy atom. The topological polar surface area (TPSA) is 52.6 Å². The molecule has 0 radical (unpaired) electrons. The fourth-order valence-electron chi connectivity index (χ4n) is 0.824. The van der Waals surface area contributed by atoms with Crippen molar-refractivity contribution in [2.75, 3.05) is 13.2 Å². The second kappa shape index (κ2) is 7.65. The number of hydrogen-bond donors (Lipinski definition) is 0. The lowest BCUT2D eigenvalue weighted by Crippen LogP contribution is -2.12. The number of carbonyl (C=O) groups is 2. The molecule has 0 aliphatic heterocycles. The molecule has 0 rings (SSSR count). The molecular weight excluding hydrogens is 220 g/mol. The zero-order valence-electron chi connectivity index (χ0n) is 11.0. The lowest BCUT2D eigenvalue weighted by atomic mass is 10.2. The maximum Gasteiger partial charge on any atom is 0.333 e. The van der Waals surface area contributed by atoms with Gasteiger partial charge in [-0.05, 0) is 27.7 Å². The van der Waals surface area contributed by atoms with Crippen LogP contribution in [0.25, 0.3) is 0 Å². The monoisotopic (exact) mass is 240 g/mol. The van der Waals surface area contributed by atoms with Gasteiger partial charge >= 0.3 is 11.9 Å². The minimum atomic E-state index is -0.420. The molecule has 0 heterocycles. The van der Waals surface area contributed by atoms with Gasteiger partial charge in [-0.25, -0.2) is 9.59 Å². The summed E-state index contributed by atoms with van der Waals surface area (Å²) in [7, 11) is 0. The molecule has 0 amide bonds. The third-order valence-corrected chi connectivity index (χ3v) is 2.16. The molecule has 0 aromatic rings. The van der Waals surface area contributed by atoms with E-state index in [2.05, 4.69) is 6.58 Å². The third-order valence-electron chi connectivity index (χ3n) is 2.16. The van der Waals surface area contributed by atoms with E-state index < -0.39 is 5.97 Å². The number of esters is 2. The predicted octanol–water partition coefficient (Wildman–Crippen LogP) is 2.40. The summed E-state index contributed by atoms with van der Waals surface area (Å²) in [5.41, 5.74) is 1.91. The zero-order chi connectivity index (χ0) is 13.4. The molecule has 0 saturated heterocycles. The van der Waals surface area contributed by atoms with Crippen LogP contribution in [0.3, 0.4) is 0 Å². The minimum Gasteiger partial charge on any atom is -0.462 e. The van der Waals surface area contributed by atoms with Crippen molar-refractivity contribution >= 4 is 11.9 Å². The maximum atomic E-state index is 11.4. The SMILES string of the molecule is C=C(C)C(=O)OCCCOC(=O)C(C)=C(C)C. The van der Waals surface area contributed by atoms with Gasteiger partial charge in [-0.1, -0.05) is 12.2 Å². The van der Waals surface area contributed by atoms with Crippen molar-refractivity contribution in [1.29, 1.82) is 0 Å². The lowest BCUT2D eigenvalue weighted by Gasteiger charge is -2.07. The van der Waals surface area contributed by atoms with E-state index in [0.717, 1.165) is 5.57 Å². The molecular formula is C13H20O4. The first-order valence-electron chi connectivity index (χ1n) is 5.50. The van der Waals surface area contributed by atoms with Crippen molar-refractivity contribution in [3.8, 4) is 0 Å². The number of carbonyl (C=O) groups excluding carboxylic acids is 2. The van der Waals surface area contributed by atoms with Crippen LogP contribution in [0.4, 0.5) is 0 Å². The van der Waals surface area contributed by atoms with Crippen LogP contribution in [0.15, 0.2) is 23.3 Å². The lowest BCUT2D eigenvalue weighted by molar-refractivity contribution is -0.141. The summed E-state index contributed by atoms with van der Waals surface area (Å²) in [5.74, 6) is -0.743. The van der Waals surface area contributed by atoms with E-state index in [1.165, 1.54) is 0 Å². The van der Waals surface area contributed by atoms with Gasteiger partial charge in [-0.2, -0.15) is 0 Å². The number of allylic oxidation sites excluding steroid dienone is 1. The van der Waals surface area contributed by atoms with E-state index in [9.17, 15) is 9.59 Å². The number of rotatable bonds is 6. The quantitative estimate of drug-likeness (QED) is 0.406. The molecule has 0 saturated carbocycles. The van der Waals surface area contributed by atoms with Crippen molar-refractivity contribution < 1.29 is 19.1 Å². The van der Waals surface area contributed by atoms with Gasteiger partial charge < -0.3 is 9.47 Å². The first-order chi connectivity index (χ1) is 7.86. The summed E-state index contributed by atoms with van der Waals surface area (Å²) >= 11 is 0. The van der Waals surface area contributed by atoms with Crippen LogP contribution >= 0.6 is 0 Å². The zero-order valence-corrected chi connectivity index (χ0v) is 11.0. The van der Waals surface area contributed by atoms with Crippen molar-refractivity contribution in [2.45, 2.75) is 34.1 Å². The Hall–Kier alpha value is -1.58. The van der Waals surface area contributed by atoms with Gasteiger partial charge in [0.25, 0.3) is 0 Å². The van der Waals surface area contributed by atoms with E-state index >= 15 is 0 Å². The molecule has 17 heavy (non-hydrogen) atoms. The molecule has 0 bridgehead atoms.